The van der Waals surface area contributed by atoms with Crippen molar-refractivity contribution >= 4 is 29.0 Å². The van der Waals surface area contributed by atoms with Crippen molar-refractivity contribution < 1.29 is 4.79 Å². The molecule has 0 aliphatic heterocycles. The maximum absolute atomic E-state index is 12.2. The summed E-state index contributed by atoms with van der Waals surface area (Å²) >= 11 is 6.02. The predicted molar refractivity (Wildman–Crippen MR) is 82.7 cm³/mol. The fourth-order valence-corrected chi connectivity index (χ4v) is 1.94. The molecule has 4 nitrogen and oxygen atoms in total. The molecule has 0 aliphatic carbocycles. The van der Waals surface area contributed by atoms with E-state index in [-0.39, 0.29) is 11.6 Å². The van der Waals surface area contributed by atoms with Crippen molar-refractivity contribution in [2.24, 2.45) is 0 Å². The first-order valence-electron chi connectivity index (χ1n) is 6.24. The molecule has 0 spiro atoms. The third-order valence-electron chi connectivity index (χ3n) is 3.08. The van der Waals surface area contributed by atoms with Gasteiger partial charge in [0.05, 0.1) is 5.02 Å². The summed E-state index contributed by atoms with van der Waals surface area (Å²) in [6, 6.07) is 9.11. The molecule has 0 unspecified atom stereocenters. The lowest BCUT2D eigenvalue weighted by atomic mass is 10.1. The minimum Gasteiger partial charge on any atom is -0.373 e. The van der Waals surface area contributed by atoms with Gasteiger partial charge >= 0.3 is 0 Å². The van der Waals surface area contributed by atoms with E-state index in [9.17, 15) is 4.79 Å². The Kier molecular flexibility index (Phi) is 4.25. The van der Waals surface area contributed by atoms with E-state index < -0.39 is 0 Å². The summed E-state index contributed by atoms with van der Waals surface area (Å²) in [7, 11) is 1.74. The first kappa shape index (κ1) is 14.3. The number of nitrogens with zero attached hydrogens (tertiary/aromatic N) is 1. The Bertz CT molecular complexity index is 656. The van der Waals surface area contributed by atoms with Crippen molar-refractivity contribution in [1.29, 1.82) is 0 Å². The number of aromatic nitrogens is 1. The lowest BCUT2D eigenvalue weighted by Crippen LogP contribution is -2.15. The molecule has 1 heterocycles. The average Bonchev–Trinajstić information content (AvgIpc) is 2.43. The number of aryl methyl sites for hydroxylation is 2. The minimum atomic E-state index is -0.324. The van der Waals surface area contributed by atoms with Gasteiger partial charge in [-0.25, -0.2) is 4.98 Å². The van der Waals surface area contributed by atoms with E-state index in [0.29, 0.717) is 10.8 Å². The molecule has 5 heteroatoms. The third kappa shape index (κ3) is 3.08. The fourth-order valence-electron chi connectivity index (χ4n) is 1.75. The predicted octanol–water partition coefficient (Wildman–Crippen LogP) is 3.65. The first-order chi connectivity index (χ1) is 9.51. The Balaban J connectivity index is 2.25. The molecular weight excluding hydrogens is 274 g/mol. The number of halogens is 1. The molecule has 104 valence electrons. The number of carbonyl (C=O) groups excluding carboxylic acids is 1. The van der Waals surface area contributed by atoms with Crippen LogP contribution in [-0.2, 0) is 0 Å². The summed E-state index contributed by atoms with van der Waals surface area (Å²) in [6.07, 6.45) is 0. The van der Waals surface area contributed by atoms with Crippen molar-refractivity contribution in [2.45, 2.75) is 13.8 Å². The van der Waals surface area contributed by atoms with Crippen LogP contribution in [0.2, 0.25) is 5.02 Å². The molecule has 0 aliphatic rings. The molecular formula is C15H16ClN3O. The maximum atomic E-state index is 12.2. The number of rotatable bonds is 3. The number of hydrogen-bond donors (Lipinski definition) is 2. The van der Waals surface area contributed by atoms with Gasteiger partial charge in [0.1, 0.15) is 11.5 Å². The molecule has 2 rings (SSSR count). The van der Waals surface area contributed by atoms with Crippen molar-refractivity contribution in [3.8, 4) is 0 Å². The quantitative estimate of drug-likeness (QED) is 0.907. The topological polar surface area (TPSA) is 54.0 Å². The Morgan fingerprint density at radius 2 is 1.90 bits per heavy atom. The highest BCUT2D eigenvalue weighted by Gasteiger charge is 2.13. The van der Waals surface area contributed by atoms with Gasteiger partial charge in [-0.3, -0.25) is 4.79 Å². The van der Waals surface area contributed by atoms with Crippen LogP contribution in [0.5, 0.6) is 0 Å². The highest BCUT2D eigenvalue weighted by Crippen LogP contribution is 2.19. The Hall–Kier alpha value is -2.07. The molecule has 0 saturated heterocycles. The number of hydrogen-bond acceptors (Lipinski definition) is 3. The minimum absolute atomic E-state index is 0.205. The molecule has 1 aromatic carbocycles. The zero-order valence-corrected chi connectivity index (χ0v) is 12.4. The van der Waals surface area contributed by atoms with E-state index in [2.05, 4.69) is 15.6 Å². The Morgan fingerprint density at radius 3 is 2.55 bits per heavy atom. The summed E-state index contributed by atoms with van der Waals surface area (Å²) in [6.45, 7) is 4.02. The summed E-state index contributed by atoms with van der Waals surface area (Å²) in [5.74, 6) is 0.273. The standard InChI is InChI=1S/C15H16ClN3O/c1-9-4-5-11(8-10(9)2)18-15(20)14-12(16)6-7-13(17-3)19-14/h4-8H,1-3H3,(H,17,19)(H,18,20). The van der Waals surface area contributed by atoms with Gasteiger partial charge in [0.25, 0.3) is 5.91 Å². The molecule has 0 atom stereocenters. The van der Waals surface area contributed by atoms with Crippen molar-refractivity contribution in [1.82, 2.24) is 4.98 Å². The van der Waals surface area contributed by atoms with E-state index in [4.69, 9.17) is 11.6 Å². The lowest BCUT2D eigenvalue weighted by molar-refractivity contribution is 0.102. The molecule has 1 aromatic heterocycles. The third-order valence-corrected chi connectivity index (χ3v) is 3.39. The second-order valence-corrected chi connectivity index (χ2v) is 4.94. The van der Waals surface area contributed by atoms with E-state index in [0.717, 1.165) is 11.3 Å². The van der Waals surface area contributed by atoms with Crippen LogP contribution >= 0.6 is 11.6 Å². The highest BCUT2D eigenvalue weighted by molar-refractivity contribution is 6.34. The molecule has 0 bridgehead atoms. The number of benzene rings is 1. The van der Waals surface area contributed by atoms with E-state index in [1.165, 1.54) is 5.56 Å². The lowest BCUT2D eigenvalue weighted by Gasteiger charge is -2.09. The zero-order chi connectivity index (χ0) is 14.7. The molecule has 0 saturated carbocycles. The Morgan fingerprint density at radius 1 is 1.15 bits per heavy atom. The van der Waals surface area contributed by atoms with Crippen LogP contribution in [0.15, 0.2) is 30.3 Å². The first-order valence-corrected chi connectivity index (χ1v) is 6.62. The van der Waals surface area contributed by atoms with Crippen molar-refractivity contribution in [3.63, 3.8) is 0 Å². The van der Waals surface area contributed by atoms with Crippen LogP contribution in [0.4, 0.5) is 11.5 Å². The van der Waals surface area contributed by atoms with Crippen LogP contribution in [0.3, 0.4) is 0 Å². The summed E-state index contributed by atoms with van der Waals surface area (Å²) in [5.41, 5.74) is 3.23. The monoisotopic (exact) mass is 289 g/mol. The van der Waals surface area contributed by atoms with Crippen molar-refractivity contribution in [3.05, 3.63) is 52.2 Å². The molecule has 20 heavy (non-hydrogen) atoms. The normalized spacial score (nSPS) is 10.2. The number of nitrogens with one attached hydrogen (secondary N) is 2. The average molecular weight is 290 g/mol. The van der Waals surface area contributed by atoms with Gasteiger partial charge in [0, 0.05) is 12.7 Å². The van der Waals surface area contributed by atoms with Gasteiger partial charge in [0.15, 0.2) is 0 Å². The molecule has 2 N–H and O–H groups in total. The van der Waals surface area contributed by atoms with Gasteiger partial charge in [-0.15, -0.1) is 0 Å². The van der Waals surface area contributed by atoms with Gasteiger partial charge < -0.3 is 10.6 Å². The maximum Gasteiger partial charge on any atom is 0.275 e. The second kappa shape index (κ2) is 5.92. The number of anilines is 2. The second-order valence-electron chi connectivity index (χ2n) is 4.53. The van der Waals surface area contributed by atoms with Crippen LogP contribution in [0, 0.1) is 13.8 Å². The summed E-state index contributed by atoms with van der Waals surface area (Å²) < 4.78 is 0. The SMILES string of the molecule is CNc1ccc(Cl)c(C(=O)Nc2ccc(C)c(C)c2)n1. The zero-order valence-electron chi connectivity index (χ0n) is 11.6. The summed E-state index contributed by atoms with van der Waals surface area (Å²) in [5, 5.41) is 6.01. The largest absolute Gasteiger partial charge is 0.373 e. The van der Waals surface area contributed by atoms with Crippen LogP contribution in [-0.4, -0.2) is 17.9 Å². The molecule has 0 radical (unpaired) electrons. The van der Waals surface area contributed by atoms with Gasteiger partial charge in [-0.1, -0.05) is 17.7 Å². The van der Waals surface area contributed by atoms with Crippen LogP contribution in [0.25, 0.3) is 0 Å². The van der Waals surface area contributed by atoms with Gasteiger partial charge in [-0.2, -0.15) is 0 Å². The molecule has 0 fully saturated rings. The van der Waals surface area contributed by atoms with E-state index >= 15 is 0 Å². The van der Waals surface area contributed by atoms with Gasteiger partial charge in [0.2, 0.25) is 0 Å². The number of carbonyl (C=O) groups is 1. The van der Waals surface area contributed by atoms with E-state index in [1.807, 2.05) is 32.0 Å². The summed E-state index contributed by atoms with van der Waals surface area (Å²) in [4.78, 5) is 16.4. The molecule has 1 amide bonds. The van der Waals surface area contributed by atoms with Crippen LogP contribution < -0.4 is 10.6 Å². The van der Waals surface area contributed by atoms with Gasteiger partial charge in [-0.05, 0) is 49.2 Å². The van der Waals surface area contributed by atoms with E-state index in [1.54, 1.807) is 19.2 Å². The smallest absolute Gasteiger partial charge is 0.275 e. The number of amides is 1. The van der Waals surface area contributed by atoms with Crippen molar-refractivity contribution in [2.75, 3.05) is 17.7 Å². The van der Waals surface area contributed by atoms with Crippen LogP contribution in [0.1, 0.15) is 21.6 Å². The fraction of sp³-hybridized carbons (Fsp3) is 0.200. The Labute approximate surface area is 123 Å². The molecule has 2 aromatic rings. The highest BCUT2D eigenvalue weighted by atomic mass is 35.5. The number of pyridine rings is 1.